The van der Waals surface area contributed by atoms with Gasteiger partial charge < -0.3 is 15.1 Å². The molecule has 1 saturated carbocycles. The Labute approximate surface area is 219 Å². The van der Waals surface area contributed by atoms with Crippen LogP contribution in [0, 0.1) is 17.6 Å². The summed E-state index contributed by atoms with van der Waals surface area (Å²) < 4.78 is 28.3. The van der Waals surface area contributed by atoms with Crippen LogP contribution in [0.4, 0.5) is 8.78 Å². The molecule has 5 nitrogen and oxygen atoms in total. The van der Waals surface area contributed by atoms with E-state index in [2.05, 4.69) is 29.3 Å². The van der Waals surface area contributed by atoms with Crippen LogP contribution >= 0.6 is 0 Å². The molecule has 7 heteroatoms. The second kappa shape index (κ2) is 11.7. The van der Waals surface area contributed by atoms with Crippen molar-refractivity contribution < 1.29 is 18.4 Å². The van der Waals surface area contributed by atoms with Crippen LogP contribution < -0.4 is 5.32 Å². The molecule has 2 aromatic carbocycles. The van der Waals surface area contributed by atoms with Gasteiger partial charge in [-0.1, -0.05) is 37.3 Å². The van der Waals surface area contributed by atoms with E-state index >= 15 is 0 Å². The lowest BCUT2D eigenvalue weighted by molar-refractivity contribution is -0.137. The summed E-state index contributed by atoms with van der Waals surface area (Å²) in [6.07, 6.45) is 3.85. The van der Waals surface area contributed by atoms with Crippen LogP contribution in [0.25, 0.3) is 0 Å². The molecule has 2 aliphatic rings. The first-order valence-corrected chi connectivity index (χ1v) is 13.5. The van der Waals surface area contributed by atoms with E-state index in [-0.39, 0.29) is 35.7 Å². The van der Waals surface area contributed by atoms with Gasteiger partial charge in [-0.15, -0.1) is 0 Å². The second-order valence-electron chi connectivity index (χ2n) is 10.9. The van der Waals surface area contributed by atoms with Crippen molar-refractivity contribution in [1.82, 2.24) is 15.1 Å². The van der Waals surface area contributed by atoms with Crippen molar-refractivity contribution in [1.29, 1.82) is 0 Å². The van der Waals surface area contributed by atoms with E-state index in [9.17, 15) is 18.4 Å². The summed E-state index contributed by atoms with van der Waals surface area (Å²) in [4.78, 5) is 29.6. The lowest BCUT2D eigenvalue weighted by Gasteiger charge is -2.36. The topological polar surface area (TPSA) is 52.7 Å². The van der Waals surface area contributed by atoms with Gasteiger partial charge in [-0.2, -0.15) is 0 Å². The van der Waals surface area contributed by atoms with Crippen LogP contribution in [0.1, 0.15) is 80.5 Å². The average molecular weight is 512 g/mol. The van der Waals surface area contributed by atoms with Gasteiger partial charge in [-0.3, -0.25) is 9.59 Å². The van der Waals surface area contributed by atoms with Gasteiger partial charge in [0.2, 0.25) is 11.8 Å². The number of hydrogen-bond acceptors (Lipinski definition) is 3. The summed E-state index contributed by atoms with van der Waals surface area (Å²) >= 11 is 0. The highest BCUT2D eigenvalue weighted by Gasteiger charge is 2.43. The van der Waals surface area contributed by atoms with E-state index < -0.39 is 11.6 Å². The minimum Gasteiger partial charge on any atom is -0.350 e. The largest absolute Gasteiger partial charge is 0.350 e. The molecule has 37 heavy (non-hydrogen) atoms. The Morgan fingerprint density at radius 1 is 1.05 bits per heavy atom. The Hall–Kier alpha value is -2.80. The fourth-order valence-electron chi connectivity index (χ4n) is 6.34. The molecule has 2 fully saturated rings. The number of benzene rings is 2. The molecule has 0 radical (unpaired) electrons. The van der Waals surface area contributed by atoms with Gasteiger partial charge in [-0.05, 0) is 80.8 Å². The third kappa shape index (κ3) is 6.03. The van der Waals surface area contributed by atoms with E-state index in [0.717, 1.165) is 30.9 Å². The molecule has 1 N–H and O–H groups in total. The predicted molar refractivity (Wildman–Crippen MR) is 141 cm³/mol. The predicted octanol–water partition coefficient (Wildman–Crippen LogP) is 5.38. The third-order valence-corrected chi connectivity index (χ3v) is 8.35. The molecule has 200 valence electrons. The summed E-state index contributed by atoms with van der Waals surface area (Å²) in [6.45, 7) is 4.92. The van der Waals surface area contributed by atoms with Crippen molar-refractivity contribution in [2.24, 2.45) is 5.92 Å². The first kappa shape index (κ1) is 27.2. The molecular weight excluding hydrogens is 472 g/mol. The van der Waals surface area contributed by atoms with Gasteiger partial charge in [0.25, 0.3) is 0 Å². The third-order valence-electron chi connectivity index (χ3n) is 8.35. The van der Waals surface area contributed by atoms with Crippen molar-refractivity contribution in [3.63, 3.8) is 0 Å². The quantitative estimate of drug-likeness (QED) is 0.543. The normalized spacial score (nSPS) is 23.3. The van der Waals surface area contributed by atoms with Crippen LogP contribution in [0.2, 0.25) is 0 Å². The Morgan fingerprint density at radius 2 is 1.76 bits per heavy atom. The molecule has 1 heterocycles. The molecule has 0 spiro atoms. The molecule has 1 aliphatic heterocycles. The second-order valence-corrected chi connectivity index (χ2v) is 10.9. The van der Waals surface area contributed by atoms with Gasteiger partial charge in [-0.25, -0.2) is 8.78 Å². The van der Waals surface area contributed by atoms with E-state index in [4.69, 9.17) is 0 Å². The lowest BCUT2D eigenvalue weighted by Crippen LogP contribution is -2.42. The highest BCUT2D eigenvalue weighted by atomic mass is 19.1. The fourth-order valence-corrected chi connectivity index (χ4v) is 6.34. The first-order chi connectivity index (χ1) is 17.7. The number of carbonyl (C=O) groups is 2. The van der Waals surface area contributed by atoms with Crippen molar-refractivity contribution in [3.8, 4) is 0 Å². The zero-order valence-electron chi connectivity index (χ0n) is 22.3. The zero-order chi connectivity index (χ0) is 26.7. The van der Waals surface area contributed by atoms with E-state index in [0.29, 0.717) is 37.4 Å². The summed E-state index contributed by atoms with van der Waals surface area (Å²) in [5.74, 6) is -1.40. The number of amides is 2. The zero-order valence-corrected chi connectivity index (χ0v) is 22.3. The average Bonchev–Trinajstić information content (AvgIpc) is 3.32. The fraction of sp³-hybridized carbons (Fsp3) is 0.533. The minimum absolute atomic E-state index is 0.0267. The maximum atomic E-state index is 14.8. The van der Waals surface area contributed by atoms with Crippen molar-refractivity contribution in [2.75, 3.05) is 27.2 Å². The molecule has 2 amide bonds. The molecule has 0 bridgehead atoms. The summed E-state index contributed by atoms with van der Waals surface area (Å²) in [6, 6.07) is 12.2. The Kier molecular flexibility index (Phi) is 8.63. The van der Waals surface area contributed by atoms with Gasteiger partial charge in [0.1, 0.15) is 11.6 Å². The number of piperidine rings is 1. The standard InChI is InChI=1S/C30H39F2N3O2/c1-5-29(33-19(2)36)25-9-7-6-8-23(25)20-12-14-35(15-13-20)30(37)27-18-22(34(3)4)17-26(27)24-11-10-21(31)16-28(24)32/h6-11,16,20,22,26-27,29H,5,12-15,17-18H2,1-4H3,(H,33,36). The maximum absolute atomic E-state index is 14.8. The molecule has 2 aromatic rings. The van der Waals surface area contributed by atoms with Gasteiger partial charge in [0.15, 0.2) is 0 Å². The van der Waals surface area contributed by atoms with Crippen LogP contribution in [-0.4, -0.2) is 54.8 Å². The van der Waals surface area contributed by atoms with Crippen molar-refractivity contribution in [2.45, 2.75) is 69.9 Å². The number of likely N-dealkylation sites (tertiary alicyclic amines) is 1. The molecule has 0 aromatic heterocycles. The van der Waals surface area contributed by atoms with Crippen LogP contribution in [0.3, 0.4) is 0 Å². The van der Waals surface area contributed by atoms with Gasteiger partial charge in [0, 0.05) is 38.0 Å². The highest BCUT2D eigenvalue weighted by molar-refractivity contribution is 5.80. The van der Waals surface area contributed by atoms with Crippen LogP contribution in [-0.2, 0) is 9.59 Å². The Morgan fingerprint density at radius 3 is 2.38 bits per heavy atom. The molecule has 4 rings (SSSR count). The SMILES string of the molecule is CCC(NC(C)=O)c1ccccc1C1CCN(C(=O)C2CC(N(C)C)CC2c2ccc(F)cc2F)CC1. The highest BCUT2D eigenvalue weighted by Crippen LogP contribution is 2.44. The van der Waals surface area contributed by atoms with Gasteiger partial charge in [0.05, 0.1) is 6.04 Å². The van der Waals surface area contributed by atoms with E-state index in [1.807, 2.05) is 31.1 Å². The summed E-state index contributed by atoms with van der Waals surface area (Å²) in [5.41, 5.74) is 2.84. The number of hydrogen-bond donors (Lipinski definition) is 1. The van der Waals surface area contributed by atoms with Gasteiger partial charge >= 0.3 is 0 Å². The number of rotatable bonds is 7. The number of nitrogens with one attached hydrogen (secondary N) is 1. The van der Waals surface area contributed by atoms with E-state index in [1.165, 1.54) is 17.7 Å². The molecule has 1 saturated heterocycles. The minimum atomic E-state index is -0.600. The molecular formula is C30H39F2N3O2. The monoisotopic (exact) mass is 511 g/mol. The van der Waals surface area contributed by atoms with Crippen LogP contribution in [0.15, 0.2) is 42.5 Å². The van der Waals surface area contributed by atoms with Crippen molar-refractivity contribution >= 4 is 11.8 Å². The number of halogens is 2. The number of carbonyl (C=O) groups excluding carboxylic acids is 2. The Bertz CT molecular complexity index is 1110. The first-order valence-electron chi connectivity index (χ1n) is 13.5. The summed E-state index contributed by atoms with van der Waals surface area (Å²) in [5, 5.41) is 3.07. The maximum Gasteiger partial charge on any atom is 0.226 e. The molecule has 4 atom stereocenters. The van der Waals surface area contributed by atoms with Crippen molar-refractivity contribution in [3.05, 3.63) is 70.8 Å². The molecule has 1 aliphatic carbocycles. The molecule has 4 unspecified atom stereocenters. The summed E-state index contributed by atoms with van der Waals surface area (Å²) in [7, 11) is 3.98. The lowest BCUT2D eigenvalue weighted by atomic mass is 9.83. The number of nitrogens with zero attached hydrogens (tertiary/aromatic N) is 2. The van der Waals surface area contributed by atoms with Crippen LogP contribution in [0.5, 0.6) is 0 Å². The Balaban J connectivity index is 1.49. The smallest absolute Gasteiger partial charge is 0.226 e. The van der Waals surface area contributed by atoms with E-state index in [1.54, 1.807) is 6.92 Å².